The quantitative estimate of drug-likeness (QED) is 0.518. The number of nitrogens with zero attached hydrogens (tertiary/aromatic N) is 4. The minimum atomic E-state index is -4.22. The summed E-state index contributed by atoms with van der Waals surface area (Å²) in [6.07, 6.45) is 2.06. The lowest BCUT2D eigenvalue weighted by molar-refractivity contribution is 0.217. The first-order valence-electron chi connectivity index (χ1n) is 5.13. The molecule has 0 saturated carbocycles. The molecular formula is C9H12N5O4P. The summed E-state index contributed by atoms with van der Waals surface area (Å²) in [4.78, 5) is 29.2. The summed E-state index contributed by atoms with van der Waals surface area (Å²) >= 11 is 0. The lowest BCUT2D eigenvalue weighted by Crippen LogP contribution is -2.04. The fourth-order valence-electron chi connectivity index (χ4n) is 1.43. The van der Waals surface area contributed by atoms with E-state index in [1.54, 1.807) is 4.57 Å². The Morgan fingerprint density at radius 1 is 1.47 bits per heavy atom. The van der Waals surface area contributed by atoms with Crippen LogP contribution in [0.4, 0.5) is 5.82 Å². The number of hydrogen-bond donors (Lipinski definition) is 3. The second-order valence-electron chi connectivity index (χ2n) is 3.78. The van der Waals surface area contributed by atoms with E-state index >= 15 is 0 Å². The number of aromatic nitrogens is 4. The topological polar surface area (TPSA) is 136 Å². The van der Waals surface area contributed by atoms with Crippen LogP contribution in [0.1, 0.15) is 0 Å². The maximum Gasteiger partial charge on any atom is 0.362 e. The lowest BCUT2D eigenvalue weighted by atomic mass is 10.5. The average molecular weight is 285 g/mol. The van der Waals surface area contributed by atoms with Gasteiger partial charge < -0.3 is 24.8 Å². The van der Waals surface area contributed by atoms with Gasteiger partial charge in [-0.25, -0.2) is 15.0 Å². The molecule has 0 aromatic carbocycles. The highest BCUT2D eigenvalue weighted by Gasteiger charge is 2.15. The number of allylic oxidation sites excluding steroid dienone is 1. The van der Waals surface area contributed by atoms with Crippen molar-refractivity contribution < 1.29 is 19.1 Å². The first kappa shape index (κ1) is 13.5. The Balaban J connectivity index is 2.12. The summed E-state index contributed by atoms with van der Waals surface area (Å²) < 4.78 is 17.1. The summed E-state index contributed by atoms with van der Waals surface area (Å²) in [5.41, 5.74) is 6.58. The second kappa shape index (κ2) is 4.96. The summed E-state index contributed by atoms with van der Waals surface area (Å²) in [6, 6.07) is 0. The standard InChI is InChI=1S/C9H12N5O4P/c1-6(18-5-19(15,16)17)2-14-4-13-7-8(10)11-3-12-9(7)14/h3-4H,1-2,5H2,(H2,10,11,12)(H2,15,16,17). The predicted octanol–water partition coefficient (Wildman–Crippen LogP) is 0.0740. The molecule has 2 heterocycles. The van der Waals surface area contributed by atoms with Crippen LogP contribution in [0, 0.1) is 0 Å². The Bertz CT molecular complexity index is 664. The molecule has 2 aromatic rings. The summed E-state index contributed by atoms with van der Waals surface area (Å²) in [7, 11) is -4.22. The average Bonchev–Trinajstić information content (AvgIpc) is 2.71. The highest BCUT2D eigenvalue weighted by Crippen LogP contribution is 2.34. The number of nitrogens with two attached hydrogens (primary N) is 1. The number of ether oxygens (including phenoxy) is 1. The minimum absolute atomic E-state index is 0.160. The van der Waals surface area contributed by atoms with Crippen LogP contribution in [0.5, 0.6) is 0 Å². The molecular weight excluding hydrogens is 273 g/mol. The van der Waals surface area contributed by atoms with Crippen molar-refractivity contribution in [2.45, 2.75) is 6.54 Å². The third kappa shape index (κ3) is 3.28. The van der Waals surface area contributed by atoms with Gasteiger partial charge in [0.2, 0.25) is 0 Å². The smallest absolute Gasteiger partial charge is 0.362 e. The molecule has 0 amide bonds. The van der Waals surface area contributed by atoms with Crippen molar-refractivity contribution >= 4 is 24.6 Å². The van der Waals surface area contributed by atoms with Crippen LogP contribution in [0.25, 0.3) is 11.2 Å². The zero-order valence-electron chi connectivity index (χ0n) is 9.80. The van der Waals surface area contributed by atoms with Gasteiger partial charge in [0.25, 0.3) is 0 Å². The van der Waals surface area contributed by atoms with Crippen LogP contribution in [0.2, 0.25) is 0 Å². The van der Waals surface area contributed by atoms with Gasteiger partial charge in [-0.3, -0.25) is 4.57 Å². The molecule has 9 nitrogen and oxygen atoms in total. The fraction of sp³-hybridized carbons (Fsp3) is 0.222. The van der Waals surface area contributed by atoms with E-state index in [0.717, 1.165) is 0 Å². The maximum atomic E-state index is 10.7. The molecule has 4 N–H and O–H groups in total. The summed E-state index contributed by atoms with van der Waals surface area (Å²) in [6.45, 7) is 3.73. The molecule has 0 aliphatic heterocycles. The number of anilines is 1. The minimum Gasteiger partial charge on any atom is -0.484 e. The van der Waals surface area contributed by atoms with Gasteiger partial charge in [-0.2, -0.15) is 0 Å². The van der Waals surface area contributed by atoms with Gasteiger partial charge >= 0.3 is 7.60 Å². The van der Waals surface area contributed by atoms with Crippen LogP contribution >= 0.6 is 7.60 Å². The fourth-order valence-corrected chi connectivity index (χ4v) is 1.78. The molecule has 0 aliphatic carbocycles. The molecule has 2 aromatic heterocycles. The monoisotopic (exact) mass is 285 g/mol. The first-order chi connectivity index (χ1) is 8.87. The Morgan fingerprint density at radius 2 is 2.21 bits per heavy atom. The van der Waals surface area contributed by atoms with Crippen LogP contribution in [0.3, 0.4) is 0 Å². The number of hydrogen-bond acceptors (Lipinski definition) is 6. The van der Waals surface area contributed by atoms with E-state index in [9.17, 15) is 4.57 Å². The molecule has 0 bridgehead atoms. The third-order valence-electron chi connectivity index (χ3n) is 2.21. The Labute approximate surface area is 107 Å². The van der Waals surface area contributed by atoms with Crippen molar-refractivity contribution in [3.05, 3.63) is 25.0 Å². The van der Waals surface area contributed by atoms with Crippen molar-refractivity contribution in [3.8, 4) is 0 Å². The zero-order valence-corrected chi connectivity index (χ0v) is 10.7. The van der Waals surface area contributed by atoms with Crippen molar-refractivity contribution in [2.24, 2.45) is 0 Å². The van der Waals surface area contributed by atoms with E-state index in [4.69, 9.17) is 20.3 Å². The van der Waals surface area contributed by atoms with Gasteiger partial charge in [-0.15, -0.1) is 0 Å². The molecule has 0 unspecified atom stereocenters. The molecule has 2 rings (SSSR count). The maximum absolute atomic E-state index is 10.7. The Kier molecular flexibility index (Phi) is 3.52. The third-order valence-corrected chi connectivity index (χ3v) is 2.68. The SMILES string of the molecule is C=C(Cn1cnc2c(N)ncnc21)OCP(=O)(O)O. The largest absolute Gasteiger partial charge is 0.484 e. The number of nitrogen functional groups attached to an aromatic ring is 1. The van der Waals surface area contributed by atoms with Crippen LogP contribution in [-0.2, 0) is 15.8 Å². The van der Waals surface area contributed by atoms with E-state index in [0.29, 0.717) is 11.2 Å². The second-order valence-corrected chi connectivity index (χ2v) is 5.37. The number of imidazole rings is 1. The van der Waals surface area contributed by atoms with Gasteiger partial charge in [-0.05, 0) is 0 Å². The number of fused-ring (bicyclic) bond motifs is 1. The van der Waals surface area contributed by atoms with Crippen molar-refractivity contribution in [2.75, 3.05) is 12.1 Å². The van der Waals surface area contributed by atoms with E-state index < -0.39 is 13.9 Å². The summed E-state index contributed by atoms with van der Waals surface area (Å²) in [5, 5.41) is 0. The van der Waals surface area contributed by atoms with E-state index in [1.807, 2.05) is 0 Å². The molecule has 0 aliphatic rings. The Morgan fingerprint density at radius 3 is 2.89 bits per heavy atom. The first-order valence-corrected chi connectivity index (χ1v) is 6.93. The number of rotatable bonds is 5. The van der Waals surface area contributed by atoms with Gasteiger partial charge in [-0.1, -0.05) is 6.58 Å². The van der Waals surface area contributed by atoms with Crippen molar-refractivity contribution in [1.29, 1.82) is 0 Å². The van der Waals surface area contributed by atoms with Crippen LogP contribution in [-0.4, -0.2) is 35.7 Å². The van der Waals surface area contributed by atoms with E-state index in [1.165, 1.54) is 12.7 Å². The van der Waals surface area contributed by atoms with E-state index in [-0.39, 0.29) is 18.1 Å². The molecule has 0 saturated heterocycles. The normalized spacial score (nSPS) is 11.7. The van der Waals surface area contributed by atoms with Gasteiger partial charge in [0.1, 0.15) is 17.6 Å². The molecule has 102 valence electrons. The molecule has 0 atom stereocenters. The lowest BCUT2D eigenvalue weighted by Gasteiger charge is -2.10. The van der Waals surface area contributed by atoms with Crippen LogP contribution in [0.15, 0.2) is 25.0 Å². The van der Waals surface area contributed by atoms with Gasteiger partial charge in [0, 0.05) is 0 Å². The van der Waals surface area contributed by atoms with Crippen molar-refractivity contribution in [1.82, 2.24) is 19.5 Å². The molecule has 0 fully saturated rings. The van der Waals surface area contributed by atoms with Crippen LogP contribution < -0.4 is 5.73 Å². The van der Waals surface area contributed by atoms with E-state index in [2.05, 4.69) is 21.5 Å². The zero-order chi connectivity index (χ0) is 14.0. The highest BCUT2D eigenvalue weighted by molar-refractivity contribution is 7.51. The van der Waals surface area contributed by atoms with Gasteiger partial charge in [0.15, 0.2) is 17.8 Å². The highest BCUT2D eigenvalue weighted by atomic mass is 31.2. The molecule has 10 heteroatoms. The summed E-state index contributed by atoms with van der Waals surface area (Å²) in [5.74, 6) is 0.435. The predicted molar refractivity (Wildman–Crippen MR) is 66.9 cm³/mol. The molecule has 0 spiro atoms. The molecule has 0 radical (unpaired) electrons. The molecule has 19 heavy (non-hydrogen) atoms. The van der Waals surface area contributed by atoms with Crippen molar-refractivity contribution in [3.63, 3.8) is 0 Å². The van der Waals surface area contributed by atoms with Gasteiger partial charge in [0.05, 0.1) is 12.9 Å². The Hall–Kier alpha value is -1.96.